The highest BCUT2D eigenvalue weighted by molar-refractivity contribution is 5.75. The molecule has 0 aromatic heterocycles. The molecular weight excluding hydrogens is 306 g/mol. The first kappa shape index (κ1) is 20.7. The number of urea groups is 1. The van der Waals surface area contributed by atoms with Gasteiger partial charge in [0.25, 0.3) is 0 Å². The third-order valence-corrected chi connectivity index (χ3v) is 4.91. The van der Waals surface area contributed by atoms with Crippen LogP contribution in [-0.4, -0.2) is 64.7 Å². The lowest BCUT2D eigenvalue weighted by Crippen LogP contribution is -2.58. The quantitative estimate of drug-likeness (QED) is 0.641. The first-order valence-corrected chi connectivity index (χ1v) is 9.35. The Morgan fingerprint density at radius 1 is 1.17 bits per heavy atom. The average Bonchev–Trinajstić information content (AvgIpc) is 2.47. The van der Waals surface area contributed by atoms with Gasteiger partial charge in [0, 0.05) is 24.7 Å². The smallest absolute Gasteiger partial charge is 0.317 e. The van der Waals surface area contributed by atoms with E-state index >= 15 is 0 Å². The van der Waals surface area contributed by atoms with Crippen LogP contribution >= 0.6 is 0 Å². The second-order valence-corrected chi connectivity index (χ2v) is 7.25. The summed E-state index contributed by atoms with van der Waals surface area (Å²) in [6.45, 7) is 12.1. The number of carbonyl (C=O) groups excluding carboxylic acids is 1. The highest BCUT2D eigenvalue weighted by atomic mass is 16.4. The van der Waals surface area contributed by atoms with E-state index < -0.39 is 5.97 Å². The van der Waals surface area contributed by atoms with Crippen LogP contribution in [0.2, 0.25) is 0 Å². The van der Waals surface area contributed by atoms with Crippen molar-refractivity contribution in [1.29, 1.82) is 0 Å². The van der Waals surface area contributed by atoms with Gasteiger partial charge in [0.2, 0.25) is 0 Å². The third-order valence-electron chi connectivity index (χ3n) is 4.91. The summed E-state index contributed by atoms with van der Waals surface area (Å²) < 4.78 is 0. The number of carboxylic acids is 1. The molecule has 0 unspecified atom stereocenters. The van der Waals surface area contributed by atoms with Gasteiger partial charge in [-0.25, -0.2) is 4.79 Å². The van der Waals surface area contributed by atoms with E-state index in [1.807, 2.05) is 16.7 Å². The lowest BCUT2D eigenvalue weighted by Gasteiger charge is -2.43. The standard InChI is InChI=1S/C18H35N3O3/c1-6-15(7-2)21(11-13(4)5)18(24)19-14-9-16(10-14)20(8-3)12-17(22)23/h13-16H,6-12H2,1-5H3,(H,19,24)(H,22,23). The second kappa shape index (κ2) is 9.87. The molecule has 24 heavy (non-hydrogen) atoms. The van der Waals surface area contributed by atoms with Crippen LogP contribution in [-0.2, 0) is 4.79 Å². The van der Waals surface area contributed by atoms with Crippen LogP contribution in [0, 0.1) is 5.92 Å². The Bertz CT molecular complexity index is 404. The van der Waals surface area contributed by atoms with Gasteiger partial charge in [-0.3, -0.25) is 9.69 Å². The molecule has 0 radical (unpaired) electrons. The van der Waals surface area contributed by atoms with E-state index in [-0.39, 0.29) is 30.7 Å². The SMILES string of the molecule is CCC(CC)N(CC(C)C)C(=O)NC1CC(N(CC)CC(=O)O)C1. The van der Waals surface area contributed by atoms with Crippen LogP contribution < -0.4 is 5.32 Å². The molecule has 1 aliphatic rings. The van der Waals surface area contributed by atoms with E-state index in [1.165, 1.54) is 0 Å². The molecule has 0 spiro atoms. The fourth-order valence-corrected chi connectivity index (χ4v) is 3.45. The Hall–Kier alpha value is -1.30. The van der Waals surface area contributed by atoms with Crippen molar-refractivity contribution in [3.05, 3.63) is 0 Å². The lowest BCUT2D eigenvalue weighted by atomic mass is 9.85. The highest BCUT2D eigenvalue weighted by Crippen LogP contribution is 2.26. The zero-order chi connectivity index (χ0) is 18.3. The van der Waals surface area contributed by atoms with E-state index in [9.17, 15) is 9.59 Å². The summed E-state index contributed by atoms with van der Waals surface area (Å²) in [6, 6.07) is 0.738. The molecule has 2 amide bonds. The van der Waals surface area contributed by atoms with Crippen molar-refractivity contribution in [2.24, 2.45) is 5.92 Å². The summed E-state index contributed by atoms with van der Waals surface area (Å²) in [5.41, 5.74) is 0. The zero-order valence-electron chi connectivity index (χ0n) is 15.9. The Labute approximate surface area is 146 Å². The highest BCUT2D eigenvalue weighted by Gasteiger charge is 2.36. The Morgan fingerprint density at radius 2 is 1.75 bits per heavy atom. The van der Waals surface area contributed by atoms with Crippen LogP contribution in [0.1, 0.15) is 60.3 Å². The minimum absolute atomic E-state index is 0.0298. The molecular formula is C18H35N3O3. The number of carbonyl (C=O) groups is 2. The number of rotatable bonds is 10. The summed E-state index contributed by atoms with van der Waals surface area (Å²) in [4.78, 5) is 27.5. The predicted molar refractivity (Wildman–Crippen MR) is 96.1 cm³/mol. The molecule has 0 aliphatic heterocycles. The Balaban J connectivity index is 2.53. The fourth-order valence-electron chi connectivity index (χ4n) is 3.45. The predicted octanol–water partition coefficient (Wildman–Crippen LogP) is 2.78. The largest absolute Gasteiger partial charge is 0.480 e. The van der Waals surface area contributed by atoms with Crippen molar-refractivity contribution < 1.29 is 14.7 Å². The lowest BCUT2D eigenvalue weighted by molar-refractivity contribution is -0.139. The molecule has 140 valence electrons. The summed E-state index contributed by atoms with van der Waals surface area (Å²) in [5.74, 6) is -0.349. The molecule has 1 aliphatic carbocycles. The van der Waals surface area contributed by atoms with Crippen LogP contribution in [0.3, 0.4) is 0 Å². The number of amides is 2. The first-order valence-electron chi connectivity index (χ1n) is 9.35. The molecule has 6 nitrogen and oxygen atoms in total. The van der Waals surface area contributed by atoms with Gasteiger partial charge in [0.15, 0.2) is 0 Å². The summed E-state index contributed by atoms with van der Waals surface area (Å²) in [6.07, 6.45) is 3.61. The van der Waals surface area contributed by atoms with Gasteiger partial charge in [0.05, 0.1) is 6.54 Å². The topological polar surface area (TPSA) is 72.9 Å². The maximum absolute atomic E-state index is 12.7. The number of nitrogens with zero attached hydrogens (tertiary/aromatic N) is 2. The van der Waals surface area contributed by atoms with Gasteiger partial charge < -0.3 is 15.3 Å². The molecule has 0 aromatic rings. The van der Waals surface area contributed by atoms with Gasteiger partial charge in [-0.05, 0) is 38.1 Å². The Kier molecular flexibility index (Phi) is 8.53. The minimum atomic E-state index is -0.791. The van der Waals surface area contributed by atoms with Crippen molar-refractivity contribution in [2.45, 2.75) is 78.4 Å². The number of carboxylic acid groups (broad SMARTS) is 1. The second-order valence-electron chi connectivity index (χ2n) is 7.25. The van der Waals surface area contributed by atoms with Gasteiger partial charge in [-0.1, -0.05) is 34.6 Å². The summed E-state index contributed by atoms with van der Waals surface area (Å²) in [5, 5.41) is 12.1. The molecule has 0 atom stereocenters. The van der Waals surface area contributed by atoms with Gasteiger partial charge in [0.1, 0.15) is 0 Å². The number of likely N-dealkylation sites (N-methyl/N-ethyl adjacent to an activating group) is 1. The van der Waals surface area contributed by atoms with Crippen molar-refractivity contribution in [1.82, 2.24) is 15.1 Å². The van der Waals surface area contributed by atoms with Crippen LogP contribution in [0.4, 0.5) is 4.79 Å². The van der Waals surface area contributed by atoms with Crippen LogP contribution in [0.5, 0.6) is 0 Å². The Morgan fingerprint density at radius 3 is 2.17 bits per heavy atom. The minimum Gasteiger partial charge on any atom is -0.480 e. The van der Waals surface area contributed by atoms with Crippen molar-refractivity contribution in [3.63, 3.8) is 0 Å². The van der Waals surface area contributed by atoms with Crippen LogP contribution in [0.25, 0.3) is 0 Å². The van der Waals surface area contributed by atoms with E-state index in [0.717, 1.165) is 38.8 Å². The van der Waals surface area contributed by atoms with E-state index in [0.29, 0.717) is 5.92 Å². The van der Waals surface area contributed by atoms with Crippen LogP contribution in [0.15, 0.2) is 0 Å². The summed E-state index contributed by atoms with van der Waals surface area (Å²) in [7, 11) is 0. The maximum atomic E-state index is 12.7. The number of nitrogens with one attached hydrogen (secondary N) is 1. The van der Waals surface area contributed by atoms with Gasteiger partial charge in [-0.15, -0.1) is 0 Å². The van der Waals surface area contributed by atoms with Gasteiger partial charge in [-0.2, -0.15) is 0 Å². The molecule has 0 bridgehead atoms. The molecule has 2 N–H and O–H groups in total. The van der Waals surface area contributed by atoms with Crippen molar-refractivity contribution >= 4 is 12.0 Å². The molecule has 0 aromatic carbocycles. The summed E-state index contributed by atoms with van der Waals surface area (Å²) >= 11 is 0. The van der Waals surface area contributed by atoms with Gasteiger partial charge >= 0.3 is 12.0 Å². The van der Waals surface area contributed by atoms with E-state index in [4.69, 9.17) is 5.11 Å². The first-order chi connectivity index (χ1) is 11.3. The van der Waals surface area contributed by atoms with E-state index in [2.05, 4.69) is 33.0 Å². The average molecular weight is 341 g/mol. The molecule has 0 saturated heterocycles. The molecule has 1 fully saturated rings. The number of aliphatic carboxylic acids is 1. The monoisotopic (exact) mass is 341 g/mol. The maximum Gasteiger partial charge on any atom is 0.317 e. The molecule has 0 heterocycles. The molecule has 6 heteroatoms. The molecule has 1 rings (SSSR count). The third kappa shape index (κ3) is 5.96. The van der Waals surface area contributed by atoms with Crippen molar-refractivity contribution in [3.8, 4) is 0 Å². The van der Waals surface area contributed by atoms with Crippen molar-refractivity contribution in [2.75, 3.05) is 19.6 Å². The molecule has 1 saturated carbocycles. The number of hydrogen-bond donors (Lipinski definition) is 2. The zero-order valence-corrected chi connectivity index (χ0v) is 15.9. The van der Waals surface area contributed by atoms with E-state index in [1.54, 1.807) is 0 Å². The fraction of sp³-hybridized carbons (Fsp3) is 0.889. The number of hydrogen-bond acceptors (Lipinski definition) is 3. The normalized spacial score (nSPS) is 20.3.